The predicted octanol–water partition coefficient (Wildman–Crippen LogP) is 0.955. The van der Waals surface area contributed by atoms with Gasteiger partial charge in [-0.1, -0.05) is 0 Å². The Bertz CT molecular complexity index is 974. The first-order chi connectivity index (χ1) is 10.5. The van der Waals surface area contributed by atoms with Crippen LogP contribution in [0.25, 0.3) is 21.9 Å². The Morgan fingerprint density at radius 2 is 1.82 bits per heavy atom. The van der Waals surface area contributed by atoms with Gasteiger partial charge in [-0.05, 0) is 19.9 Å². The maximum Gasteiger partial charge on any atom is 0.278 e. The highest BCUT2D eigenvalue weighted by molar-refractivity contribution is 5.88. The molecule has 8 nitrogen and oxygen atoms in total. The minimum absolute atomic E-state index is 0.0177. The number of aromatic amines is 2. The van der Waals surface area contributed by atoms with Crippen molar-refractivity contribution in [1.82, 2.24) is 20.4 Å². The predicted molar refractivity (Wildman–Crippen MR) is 80.6 cm³/mol. The maximum atomic E-state index is 12.5. The van der Waals surface area contributed by atoms with Gasteiger partial charge in [-0.15, -0.1) is 0 Å². The molecule has 0 aliphatic rings. The van der Waals surface area contributed by atoms with E-state index in [1.165, 1.54) is 13.2 Å². The second-order valence-corrected chi connectivity index (χ2v) is 5.02. The molecule has 0 aliphatic heterocycles. The van der Waals surface area contributed by atoms with Crippen LogP contribution in [0, 0.1) is 0 Å². The number of aromatic nitrogens is 4. The Kier molecular flexibility index (Phi) is 3.28. The summed E-state index contributed by atoms with van der Waals surface area (Å²) in [6, 6.07) is 3.10. The summed E-state index contributed by atoms with van der Waals surface area (Å²) in [7, 11) is 1.48. The Morgan fingerprint density at radius 1 is 1.09 bits per heavy atom. The fourth-order valence-electron chi connectivity index (χ4n) is 2.21. The zero-order valence-corrected chi connectivity index (χ0v) is 12.3. The van der Waals surface area contributed by atoms with Crippen LogP contribution in [0.15, 0.2) is 21.7 Å². The molecule has 2 N–H and O–H groups in total. The van der Waals surface area contributed by atoms with E-state index in [1.807, 2.05) is 13.8 Å². The smallest absolute Gasteiger partial charge is 0.278 e. The molecule has 0 bridgehead atoms. The van der Waals surface area contributed by atoms with Gasteiger partial charge in [-0.2, -0.15) is 15.4 Å². The number of nitrogens with zero attached hydrogens (tertiary/aromatic N) is 2. The van der Waals surface area contributed by atoms with E-state index in [0.717, 1.165) is 0 Å². The van der Waals surface area contributed by atoms with Crippen LogP contribution in [-0.4, -0.2) is 33.6 Å². The molecule has 0 atom stereocenters. The molecule has 0 saturated carbocycles. The van der Waals surface area contributed by atoms with Crippen molar-refractivity contribution in [2.75, 3.05) is 7.11 Å². The molecule has 0 spiro atoms. The van der Waals surface area contributed by atoms with Gasteiger partial charge in [0, 0.05) is 6.07 Å². The monoisotopic (exact) mass is 302 g/mol. The number of ether oxygens (including phenoxy) is 2. The van der Waals surface area contributed by atoms with E-state index in [1.54, 1.807) is 6.07 Å². The van der Waals surface area contributed by atoms with E-state index in [0.29, 0.717) is 17.0 Å². The highest BCUT2D eigenvalue weighted by Gasteiger charge is 2.14. The lowest BCUT2D eigenvalue weighted by atomic mass is 10.2. The molecule has 0 saturated heterocycles. The van der Waals surface area contributed by atoms with Crippen molar-refractivity contribution in [3.8, 4) is 11.5 Å². The third kappa shape index (κ3) is 2.18. The fourth-order valence-corrected chi connectivity index (χ4v) is 2.21. The number of rotatable bonds is 3. The molecule has 0 aliphatic carbocycles. The molecule has 1 aromatic carbocycles. The van der Waals surface area contributed by atoms with Crippen molar-refractivity contribution in [2.24, 2.45) is 0 Å². The van der Waals surface area contributed by atoms with E-state index in [2.05, 4.69) is 20.4 Å². The van der Waals surface area contributed by atoms with Crippen LogP contribution in [0.3, 0.4) is 0 Å². The standard InChI is InChI=1S/C14H14N4O4/c1-6(2)22-10-5-8-7(4-9(10)21-3)13(19)11-12(14(20)15-8)17-18-16-11/h4-6H,1-3H3,(H,15,20)(H,16,17,18). The second-order valence-electron chi connectivity index (χ2n) is 5.02. The van der Waals surface area contributed by atoms with Crippen LogP contribution >= 0.6 is 0 Å². The van der Waals surface area contributed by atoms with E-state index >= 15 is 0 Å². The number of methoxy groups -OCH3 is 1. The van der Waals surface area contributed by atoms with Gasteiger partial charge in [-0.25, -0.2) is 0 Å². The van der Waals surface area contributed by atoms with Gasteiger partial charge in [0.25, 0.3) is 5.56 Å². The fraction of sp³-hybridized carbons (Fsp3) is 0.286. The summed E-state index contributed by atoms with van der Waals surface area (Å²) in [6.45, 7) is 3.74. The first kappa shape index (κ1) is 14.1. The van der Waals surface area contributed by atoms with Gasteiger partial charge >= 0.3 is 0 Å². The Balaban J connectivity index is 2.45. The van der Waals surface area contributed by atoms with E-state index in [-0.39, 0.29) is 22.5 Å². The molecule has 0 radical (unpaired) electrons. The molecule has 22 heavy (non-hydrogen) atoms. The summed E-state index contributed by atoms with van der Waals surface area (Å²) in [5, 5.41) is 10.0. The van der Waals surface area contributed by atoms with Gasteiger partial charge in [0.15, 0.2) is 22.5 Å². The van der Waals surface area contributed by atoms with Gasteiger partial charge in [-0.3, -0.25) is 9.59 Å². The average molecular weight is 302 g/mol. The normalized spacial score (nSPS) is 11.3. The molecule has 0 amide bonds. The Morgan fingerprint density at radius 3 is 2.50 bits per heavy atom. The first-order valence-corrected chi connectivity index (χ1v) is 6.66. The third-order valence-corrected chi connectivity index (χ3v) is 3.14. The zero-order valence-electron chi connectivity index (χ0n) is 12.3. The SMILES string of the molecule is COc1cc2c(=O)c3n[nH]nc3c(=O)[nH]c2cc1OC(C)C. The highest BCUT2D eigenvalue weighted by atomic mass is 16.5. The maximum absolute atomic E-state index is 12.5. The molecular weight excluding hydrogens is 288 g/mol. The third-order valence-electron chi connectivity index (χ3n) is 3.14. The highest BCUT2D eigenvalue weighted by Crippen LogP contribution is 2.31. The number of hydrogen-bond acceptors (Lipinski definition) is 6. The lowest BCUT2D eigenvalue weighted by molar-refractivity contribution is 0.230. The van der Waals surface area contributed by atoms with Crippen molar-refractivity contribution in [3.05, 3.63) is 32.7 Å². The van der Waals surface area contributed by atoms with Crippen LogP contribution in [-0.2, 0) is 0 Å². The number of benzene rings is 1. The summed E-state index contributed by atoms with van der Waals surface area (Å²) in [4.78, 5) is 27.3. The number of fused-ring (bicyclic) bond motifs is 2. The van der Waals surface area contributed by atoms with Crippen molar-refractivity contribution >= 4 is 21.9 Å². The lowest BCUT2D eigenvalue weighted by Gasteiger charge is -2.13. The van der Waals surface area contributed by atoms with Crippen molar-refractivity contribution in [1.29, 1.82) is 0 Å². The first-order valence-electron chi connectivity index (χ1n) is 6.66. The lowest BCUT2D eigenvalue weighted by Crippen LogP contribution is -2.08. The molecule has 114 valence electrons. The largest absolute Gasteiger partial charge is 0.493 e. The number of nitrogens with one attached hydrogen (secondary N) is 2. The molecule has 3 rings (SSSR count). The quantitative estimate of drug-likeness (QED) is 0.745. The van der Waals surface area contributed by atoms with Crippen LogP contribution in [0.5, 0.6) is 11.5 Å². The molecule has 2 heterocycles. The summed E-state index contributed by atoms with van der Waals surface area (Å²) in [5.74, 6) is 0.848. The van der Waals surface area contributed by atoms with Gasteiger partial charge in [0.2, 0.25) is 5.43 Å². The van der Waals surface area contributed by atoms with E-state index in [9.17, 15) is 9.59 Å². The summed E-state index contributed by atoms with van der Waals surface area (Å²) >= 11 is 0. The molecule has 8 heteroatoms. The minimum atomic E-state index is -0.503. The van der Waals surface area contributed by atoms with Gasteiger partial charge in [0.1, 0.15) is 0 Å². The molecular formula is C14H14N4O4. The van der Waals surface area contributed by atoms with Crippen LogP contribution in [0.1, 0.15) is 13.8 Å². The zero-order chi connectivity index (χ0) is 15.9. The van der Waals surface area contributed by atoms with Gasteiger partial charge < -0.3 is 14.5 Å². The molecule has 3 aromatic rings. The average Bonchev–Trinajstić information content (AvgIpc) is 2.92. The summed E-state index contributed by atoms with van der Waals surface area (Å²) in [5.41, 5.74) is -0.628. The number of H-pyrrole nitrogens is 2. The van der Waals surface area contributed by atoms with E-state index < -0.39 is 11.0 Å². The van der Waals surface area contributed by atoms with E-state index in [4.69, 9.17) is 9.47 Å². The summed E-state index contributed by atoms with van der Waals surface area (Å²) in [6.07, 6.45) is -0.0820. The number of hydrogen-bond donors (Lipinski definition) is 2. The minimum Gasteiger partial charge on any atom is -0.493 e. The Labute approximate surface area is 124 Å². The Hall–Kier alpha value is -2.90. The van der Waals surface area contributed by atoms with Crippen LogP contribution in [0.4, 0.5) is 0 Å². The van der Waals surface area contributed by atoms with Crippen LogP contribution < -0.4 is 20.5 Å². The molecule has 0 unspecified atom stereocenters. The van der Waals surface area contributed by atoms with Gasteiger partial charge in [0.05, 0.1) is 24.1 Å². The second kappa shape index (κ2) is 5.14. The van der Waals surface area contributed by atoms with Crippen molar-refractivity contribution in [2.45, 2.75) is 20.0 Å². The molecule has 0 fully saturated rings. The topological polar surface area (TPSA) is 110 Å². The summed E-state index contributed by atoms with van der Waals surface area (Å²) < 4.78 is 10.9. The van der Waals surface area contributed by atoms with Crippen molar-refractivity contribution < 1.29 is 9.47 Å². The van der Waals surface area contributed by atoms with Crippen LogP contribution in [0.2, 0.25) is 0 Å². The van der Waals surface area contributed by atoms with Crippen molar-refractivity contribution in [3.63, 3.8) is 0 Å². The molecule has 2 aromatic heterocycles.